The Bertz CT molecular complexity index is 513. The fourth-order valence-electron chi connectivity index (χ4n) is 1.81. The van der Waals surface area contributed by atoms with E-state index in [0.717, 1.165) is 12.2 Å². The molecular weight excluding hydrogens is 265 g/mol. The number of aryl methyl sites for hydroxylation is 2. The van der Waals surface area contributed by atoms with Crippen molar-refractivity contribution in [3.63, 3.8) is 0 Å². The van der Waals surface area contributed by atoms with E-state index in [4.69, 9.17) is 23.2 Å². The van der Waals surface area contributed by atoms with Gasteiger partial charge in [-0.25, -0.2) is 0 Å². The lowest BCUT2D eigenvalue weighted by Gasteiger charge is -2.11. The van der Waals surface area contributed by atoms with Crippen LogP contribution in [0.4, 0.5) is 5.69 Å². The summed E-state index contributed by atoms with van der Waals surface area (Å²) < 4.78 is 0. The molecule has 1 N–H and O–H groups in total. The Kier molecular flexibility index (Phi) is 4.15. The third-order valence-corrected chi connectivity index (χ3v) is 3.47. The van der Waals surface area contributed by atoms with Gasteiger partial charge in [-0.3, -0.25) is 0 Å². The van der Waals surface area contributed by atoms with Crippen LogP contribution in [0.1, 0.15) is 16.7 Å². The highest BCUT2D eigenvalue weighted by molar-refractivity contribution is 6.35. The molecule has 2 aromatic carbocycles. The number of benzene rings is 2. The molecule has 0 saturated carbocycles. The molecule has 94 valence electrons. The number of nitrogens with one attached hydrogen (secondary N) is 1. The predicted octanol–water partition coefficient (Wildman–Crippen LogP) is 5.22. The van der Waals surface area contributed by atoms with Crippen molar-refractivity contribution in [3.05, 3.63) is 63.1 Å². The molecule has 0 aliphatic carbocycles. The molecule has 0 fully saturated rings. The van der Waals surface area contributed by atoms with Crippen molar-refractivity contribution in [2.75, 3.05) is 5.32 Å². The van der Waals surface area contributed by atoms with Crippen molar-refractivity contribution in [1.82, 2.24) is 0 Å². The van der Waals surface area contributed by atoms with Crippen LogP contribution in [0.3, 0.4) is 0 Å². The van der Waals surface area contributed by atoms with Gasteiger partial charge in [0.25, 0.3) is 0 Å². The Morgan fingerprint density at radius 1 is 1.00 bits per heavy atom. The minimum atomic E-state index is 0.683. The number of hydrogen-bond acceptors (Lipinski definition) is 1. The summed E-state index contributed by atoms with van der Waals surface area (Å²) in [5.41, 5.74) is 4.66. The van der Waals surface area contributed by atoms with Crippen LogP contribution in [0.5, 0.6) is 0 Å². The Labute approximate surface area is 118 Å². The van der Waals surface area contributed by atoms with Crippen LogP contribution >= 0.6 is 23.2 Å². The highest BCUT2D eigenvalue weighted by atomic mass is 35.5. The maximum atomic E-state index is 6.11. The molecule has 0 atom stereocenters. The van der Waals surface area contributed by atoms with Crippen molar-refractivity contribution in [3.8, 4) is 0 Å². The molecule has 0 saturated heterocycles. The molecule has 0 amide bonds. The smallest absolute Gasteiger partial charge is 0.0638 e. The molecule has 0 aliphatic rings. The number of rotatable bonds is 3. The first-order chi connectivity index (χ1) is 8.56. The number of halogens is 2. The van der Waals surface area contributed by atoms with Crippen LogP contribution in [0.25, 0.3) is 0 Å². The molecule has 1 nitrogen and oxygen atoms in total. The zero-order valence-corrected chi connectivity index (χ0v) is 11.9. The van der Waals surface area contributed by atoms with Crippen molar-refractivity contribution in [2.45, 2.75) is 20.4 Å². The Hall–Kier alpha value is -1.18. The van der Waals surface area contributed by atoms with E-state index in [9.17, 15) is 0 Å². The maximum absolute atomic E-state index is 6.11. The lowest BCUT2D eigenvalue weighted by molar-refractivity contribution is 1.11. The molecule has 0 aliphatic heterocycles. The standard InChI is InChI=1S/C15H15Cl2N/c1-10-3-4-11(2)12(7-10)9-18-15-8-13(16)5-6-14(15)17/h3-8,18H,9H2,1-2H3. The highest BCUT2D eigenvalue weighted by Gasteiger charge is 2.03. The van der Waals surface area contributed by atoms with Gasteiger partial charge in [0.05, 0.1) is 10.7 Å². The number of hydrogen-bond donors (Lipinski definition) is 1. The van der Waals surface area contributed by atoms with Gasteiger partial charge in [0.1, 0.15) is 0 Å². The van der Waals surface area contributed by atoms with E-state index in [1.165, 1.54) is 16.7 Å². The first-order valence-corrected chi connectivity index (χ1v) is 6.57. The van der Waals surface area contributed by atoms with Gasteiger partial charge >= 0.3 is 0 Å². The molecular formula is C15H15Cl2N. The van der Waals surface area contributed by atoms with Crippen LogP contribution in [0.2, 0.25) is 10.0 Å². The molecule has 18 heavy (non-hydrogen) atoms. The monoisotopic (exact) mass is 279 g/mol. The summed E-state index contributed by atoms with van der Waals surface area (Å²) in [5.74, 6) is 0. The van der Waals surface area contributed by atoms with E-state index < -0.39 is 0 Å². The second kappa shape index (κ2) is 5.64. The molecule has 0 bridgehead atoms. The lowest BCUT2D eigenvalue weighted by atomic mass is 10.1. The minimum absolute atomic E-state index is 0.683. The van der Waals surface area contributed by atoms with Gasteiger partial charge in [-0.2, -0.15) is 0 Å². The summed E-state index contributed by atoms with van der Waals surface area (Å²) >= 11 is 12.1. The average molecular weight is 280 g/mol. The Morgan fingerprint density at radius 2 is 1.78 bits per heavy atom. The molecule has 3 heteroatoms. The quantitative estimate of drug-likeness (QED) is 0.812. The molecule has 0 aromatic heterocycles. The van der Waals surface area contributed by atoms with Gasteiger partial charge in [0.2, 0.25) is 0 Å². The second-order valence-electron chi connectivity index (χ2n) is 4.41. The summed E-state index contributed by atoms with van der Waals surface area (Å²) in [6.45, 7) is 4.94. The minimum Gasteiger partial charge on any atom is -0.380 e. The lowest BCUT2D eigenvalue weighted by Crippen LogP contribution is -2.02. The molecule has 0 radical (unpaired) electrons. The fourth-order valence-corrected chi connectivity index (χ4v) is 2.17. The van der Waals surface area contributed by atoms with E-state index in [-0.39, 0.29) is 0 Å². The number of anilines is 1. The van der Waals surface area contributed by atoms with Crippen molar-refractivity contribution >= 4 is 28.9 Å². The topological polar surface area (TPSA) is 12.0 Å². The average Bonchev–Trinajstić information content (AvgIpc) is 2.34. The van der Waals surface area contributed by atoms with E-state index in [1.54, 1.807) is 12.1 Å². The normalized spacial score (nSPS) is 10.4. The second-order valence-corrected chi connectivity index (χ2v) is 5.25. The van der Waals surface area contributed by atoms with E-state index >= 15 is 0 Å². The van der Waals surface area contributed by atoms with Crippen molar-refractivity contribution < 1.29 is 0 Å². The Balaban J connectivity index is 2.16. The Morgan fingerprint density at radius 3 is 2.56 bits per heavy atom. The summed E-state index contributed by atoms with van der Waals surface area (Å²) in [5, 5.41) is 4.69. The third kappa shape index (κ3) is 3.18. The first-order valence-electron chi connectivity index (χ1n) is 5.81. The SMILES string of the molecule is Cc1ccc(C)c(CNc2cc(Cl)ccc2Cl)c1. The summed E-state index contributed by atoms with van der Waals surface area (Å²) in [7, 11) is 0. The highest BCUT2D eigenvalue weighted by Crippen LogP contribution is 2.26. The molecule has 0 spiro atoms. The zero-order chi connectivity index (χ0) is 13.1. The first kappa shape index (κ1) is 13.3. The van der Waals surface area contributed by atoms with Gasteiger partial charge in [-0.15, -0.1) is 0 Å². The predicted molar refractivity (Wildman–Crippen MR) is 79.7 cm³/mol. The van der Waals surface area contributed by atoms with Crippen LogP contribution < -0.4 is 5.32 Å². The van der Waals surface area contributed by atoms with Crippen molar-refractivity contribution in [1.29, 1.82) is 0 Å². The summed E-state index contributed by atoms with van der Waals surface area (Å²) in [4.78, 5) is 0. The molecule has 0 unspecified atom stereocenters. The van der Waals surface area contributed by atoms with Gasteiger partial charge in [0.15, 0.2) is 0 Å². The molecule has 0 heterocycles. The zero-order valence-electron chi connectivity index (χ0n) is 10.4. The summed E-state index contributed by atoms with van der Waals surface area (Å²) in [6, 6.07) is 11.9. The van der Waals surface area contributed by atoms with E-state index in [1.807, 2.05) is 6.07 Å². The van der Waals surface area contributed by atoms with Crippen LogP contribution in [0.15, 0.2) is 36.4 Å². The molecule has 2 rings (SSSR count). The van der Waals surface area contributed by atoms with Gasteiger partial charge in [0, 0.05) is 11.6 Å². The van der Waals surface area contributed by atoms with E-state index in [0.29, 0.717) is 10.0 Å². The van der Waals surface area contributed by atoms with E-state index in [2.05, 4.69) is 37.4 Å². The van der Waals surface area contributed by atoms with Gasteiger partial charge < -0.3 is 5.32 Å². The van der Waals surface area contributed by atoms with Crippen LogP contribution in [-0.4, -0.2) is 0 Å². The third-order valence-electron chi connectivity index (χ3n) is 2.90. The van der Waals surface area contributed by atoms with Crippen LogP contribution in [0, 0.1) is 13.8 Å². The summed E-state index contributed by atoms with van der Waals surface area (Å²) in [6.07, 6.45) is 0. The maximum Gasteiger partial charge on any atom is 0.0638 e. The fraction of sp³-hybridized carbons (Fsp3) is 0.200. The van der Waals surface area contributed by atoms with Crippen LogP contribution in [-0.2, 0) is 6.54 Å². The van der Waals surface area contributed by atoms with Gasteiger partial charge in [-0.05, 0) is 43.2 Å². The largest absolute Gasteiger partial charge is 0.380 e. The molecule has 2 aromatic rings. The van der Waals surface area contributed by atoms with Crippen molar-refractivity contribution in [2.24, 2.45) is 0 Å². The van der Waals surface area contributed by atoms with Gasteiger partial charge in [-0.1, -0.05) is 47.0 Å².